The van der Waals surface area contributed by atoms with Gasteiger partial charge in [0.1, 0.15) is 9.88 Å². The van der Waals surface area contributed by atoms with E-state index in [1.54, 1.807) is 6.20 Å². The average Bonchev–Trinajstić information content (AvgIpc) is 3.01. The maximum absolute atomic E-state index is 13.2. The van der Waals surface area contributed by atoms with Crippen LogP contribution in [0.25, 0.3) is 10.7 Å². The number of aryl methyl sites for hydroxylation is 3. The number of aromatic nitrogens is 2. The van der Waals surface area contributed by atoms with E-state index in [0.29, 0.717) is 11.4 Å². The Morgan fingerprint density at radius 2 is 1.96 bits per heavy atom. The second-order valence-corrected chi connectivity index (χ2v) is 6.99. The number of rotatable bonds is 4. The van der Waals surface area contributed by atoms with Gasteiger partial charge in [-0.3, -0.25) is 9.78 Å². The van der Waals surface area contributed by atoms with E-state index in [1.165, 1.54) is 11.3 Å². The molecule has 3 rings (SSSR count). The molecule has 0 radical (unpaired) electrons. The Morgan fingerprint density at radius 3 is 2.64 bits per heavy atom. The van der Waals surface area contributed by atoms with Crippen molar-refractivity contribution in [3.05, 3.63) is 64.3 Å². The van der Waals surface area contributed by atoms with Crippen LogP contribution in [0.4, 0.5) is 5.69 Å². The fourth-order valence-corrected chi connectivity index (χ4v) is 3.74. The number of thiazole rings is 1. The maximum Gasteiger partial charge on any atom is 0.270 e. The van der Waals surface area contributed by atoms with Crippen LogP contribution in [-0.4, -0.2) is 22.4 Å². The lowest BCUT2D eigenvalue weighted by atomic mass is 10.1. The van der Waals surface area contributed by atoms with Crippen LogP contribution in [0.15, 0.2) is 42.6 Å². The molecule has 0 aliphatic rings. The topological polar surface area (TPSA) is 46.1 Å². The number of carbonyl (C=O) groups excluding carboxylic acids is 1. The van der Waals surface area contributed by atoms with E-state index in [-0.39, 0.29) is 5.91 Å². The van der Waals surface area contributed by atoms with E-state index in [0.717, 1.165) is 33.2 Å². The molecule has 0 aliphatic carbocycles. The standard InChI is InChI=1S/C20H21N3OS/c1-5-23(17-12-13(2)9-10-14(17)3)20(24)18-15(4)22-19(25-18)16-8-6-7-11-21-16/h6-12H,5H2,1-4H3. The predicted octanol–water partition coefficient (Wildman–Crippen LogP) is 4.80. The summed E-state index contributed by atoms with van der Waals surface area (Å²) in [6.45, 7) is 8.56. The average molecular weight is 351 g/mol. The largest absolute Gasteiger partial charge is 0.308 e. The van der Waals surface area contributed by atoms with Gasteiger partial charge in [-0.15, -0.1) is 11.3 Å². The van der Waals surface area contributed by atoms with Crippen LogP contribution in [0.3, 0.4) is 0 Å². The van der Waals surface area contributed by atoms with Crippen LogP contribution < -0.4 is 4.90 Å². The van der Waals surface area contributed by atoms with Gasteiger partial charge in [-0.2, -0.15) is 0 Å². The number of hydrogen-bond donors (Lipinski definition) is 0. The van der Waals surface area contributed by atoms with Gasteiger partial charge in [-0.1, -0.05) is 18.2 Å². The molecule has 0 N–H and O–H groups in total. The monoisotopic (exact) mass is 351 g/mol. The molecular weight excluding hydrogens is 330 g/mol. The molecule has 1 amide bonds. The minimum absolute atomic E-state index is 0.00613. The summed E-state index contributed by atoms with van der Waals surface area (Å²) in [5, 5.41) is 0.776. The number of anilines is 1. The third-order valence-corrected chi connectivity index (χ3v) is 5.26. The minimum Gasteiger partial charge on any atom is -0.308 e. The van der Waals surface area contributed by atoms with Gasteiger partial charge in [0.2, 0.25) is 0 Å². The summed E-state index contributed by atoms with van der Waals surface area (Å²) in [4.78, 5) is 24.6. The van der Waals surface area contributed by atoms with Gasteiger partial charge in [0.15, 0.2) is 0 Å². The fourth-order valence-electron chi connectivity index (χ4n) is 2.75. The van der Waals surface area contributed by atoms with E-state index < -0.39 is 0 Å². The summed E-state index contributed by atoms with van der Waals surface area (Å²) >= 11 is 1.40. The molecule has 1 aromatic carbocycles. The van der Waals surface area contributed by atoms with Gasteiger partial charge in [-0.05, 0) is 57.0 Å². The van der Waals surface area contributed by atoms with Crippen LogP contribution in [0.1, 0.15) is 33.4 Å². The molecule has 2 heterocycles. The highest BCUT2D eigenvalue weighted by atomic mass is 32.1. The summed E-state index contributed by atoms with van der Waals surface area (Å²) in [6, 6.07) is 11.9. The number of benzene rings is 1. The van der Waals surface area contributed by atoms with Crippen LogP contribution >= 0.6 is 11.3 Å². The lowest BCUT2D eigenvalue weighted by Crippen LogP contribution is -2.31. The first-order chi connectivity index (χ1) is 12.0. The lowest BCUT2D eigenvalue weighted by Gasteiger charge is -2.23. The normalized spacial score (nSPS) is 10.7. The number of nitrogens with zero attached hydrogens (tertiary/aromatic N) is 3. The van der Waals surface area contributed by atoms with E-state index in [1.807, 2.05) is 50.8 Å². The molecule has 4 nitrogen and oxygen atoms in total. The Morgan fingerprint density at radius 1 is 1.16 bits per heavy atom. The number of hydrogen-bond acceptors (Lipinski definition) is 4. The van der Waals surface area contributed by atoms with Crippen molar-refractivity contribution in [2.24, 2.45) is 0 Å². The van der Waals surface area contributed by atoms with E-state index in [2.05, 4.69) is 28.2 Å². The second-order valence-electron chi connectivity index (χ2n) is 5.99. The number of pyridine rings is 1. The van der Waals surface area contributed by atoms with Gasteiger partial charge in [0.25, 0.3) is 5.91 Å². The SMILES string of the molecule is CCN(C(=O)c1sc(-c2ccccn2)nc1C)c1cc(C)ccc1C. The van der Waals surface area contributed by atoms with E-state index in [9.17, 15) is 4.79 Å². The van der Waals surface area contributed by atoms with Crippen LogP contribution in [-0.2, 0) is 0 Å². The van der Waals surface area contributed by atoms with Gasteiger partial charge >= 0.3 is 0 Å². The molecule has 25 heavy (non-hydrogen) atoms. The van der Waals surface area contributed by atoms with Crippen molar-refractivity contribution in [2.75, 3.05) is 11.4 Å². The molecule has 0 aliphatic heterocycles. The zero-order valence-electron chi connectivity index (χ0n) is 14.9. The predicted molar refractivity (Wildman–Crippen MR) is 103 cm³/mol. The Kier molecular flexibility index (Phi) is 4.95. The molecule has 128 valence electrons. The first-order valence-corrected chi connectivity index (χ1v) is 9.11. The van der Waals surface area contributed by atoms with Gasteiger partial charge in [0.05, 0.1) is 11.4 Å². The van der Waals surface area contributed by atoms with Crippen LogP contribution in [0, 0.1) is 20.8 Å². The molecule has 2 aromatic heterocycles. The van der Waals surface area contributed by atoms with E-state index >= 15 is 0 Å². The second kappa shape index (κ2) is 7.15. The van der Waals surface area contributed by atoms with Crippen molar-refractivity contribution >= 4 is 22.9 Å². The Bertz CT molecular complexity index is 903. The van der Waals surface area contributed by atoms with Gasteiger partial charge < -0.3 is 4.90 Å². The third-order valence-electron chi connectivity index (χ3n) is 4.09. The minimum atomic E-state index is -0.00613. The molecule has 0 fully saturated rings. The summed E-state index contributed by atoms with van der Waals surface area (Å²) in [7, 11) is 0. The lowest BCUT2D eigenvalue weighted by molar-refractivity contribution is 0.0991. The Hall–Kier alpha value is -2.53. The molecule has 0 saturated carbocycles. The van der Waals surface area contributed by atoms with Gasteiger partial charge in [-0.25, -0.2) is 4.98 Å². The zero-order chi connectivity index (χ0) is 18.0. The molecule has 0 unspecified atom stereocenters. The zero-order valence-corrected chi connectivity index (χ0v) is 15.7. The highest BCUT2D eigenvalue weighted by molar-refractivity contribution is 7.17. The quantitative estimate of drug-likeness (QED) is 0.678. The summed E-state index contributed by atoms with van der Waals surface area (Å²) < 4.78 is 0. The highest BCUT2D eigenvalue weighted by Crippen LogP contribution is 2.30. The number of amides is 1. The first-order valence-electron chi connectivity index (χ1n) is 8.29. The molecule has 0 saturated heterocycles. The molecule has 5 heteroatoms. The van der Waals surface area contributed by atoms with Crippen molar-refractivity contribution in [3.8, 4) is 10.7 Å². The maximum atomic E-state index is 13.2. The fraction of sp³-hybridized carbons (Fsp3) is 0.250. The first kappa shape index (κ1) is 17.3. The Labute approximate surface area is 152 Å². The molecule has 0 spiro atoms. The molecule has 0 atom stereocenters. The summed E-state index contributed by atoms with van der Waals surface area (Å²) in [5.74, 6) is -0.00613. The van der Waals surface area contributed by atoms with Crippen molar-refractivity contribution in [2.45, 2.75) is 27.7 Å². The van der Waals surface area contributed by atoms with Crippen molar-refractivity contribution in [3.63, 3.8) is 0 Å². The third kappa shape index (κ3) is 3.46. The smallest absolute Gasteiger partial charge is 0.270 e. The molecular formula is C20H21N3OS. The van der Waals surface area contributed by atoms with Crippen molar-refractivity contribution in [1.29, 1.82) is 0 Å². The van der Waals surface area contributed by atoms with E-state index in [4.69, 9.17) is 0 Å². The van der Waals surface area contributed by atoms with Crippen LogP contribution in [0.5, 0.6) is 0 Å². The highest BCUT2D eigenvalue weighted by Gasteiger charge is 2.23. The van der Waals surface area contributed by atoms with Crippen LogP contribution in [0.2, 0.25) is 0 Å². The Balaban J connectivity index is 1.99. The van der Waals surface area contributed by atoms with Crippen molar-refractivity contribution in [1.82, 2.24) is 9.97 Å². The number of carbonyl (C=O) groups is 1. The molecule has 3 aromatic rings. The summed E-state index contributed by atoms with van der Waals surface area (Å²) in [5.41, 5.74) is 4.73. The van der Waals surface area contributed by atoms with Crippen molar-refractivity contribution < 1.29 is 4.79 Å². The summed E-state index contributed by atoms with van der Waals surface area (Å²) in [6.07, 6.45) is 1.74. The molecule has 0 bridgehead atoms. The van der Waals surface area contributed by atoms with Gasteiger partial charge in [0, 0.05) is 18.4 Å².